The van der Waals surface area contributed by atoms with Crippen LogP contribution in [0.25, 0.3) is 0 Å². The molecule has 1 heterocycles. The highest BCUT2D eigenvalue weighted by atomic mass is 16.2. The lowest BCUT2D eigenvalue weighted by Gasteiger charge is -2.17. The summed E-state index contributed by atoms with van der Waals surface area (Å²) < 4.78 is 0. The fourth-order valence-electron chi connectivity index (χ4n) is 1.66. The van der Waals surface area contributed by atoms with Gasteiger partial charge in [0.05, 0.1) is 17.2 Å². The number of amides is 1. The van der Waals surface area contributed by atoms with Crippen molar-refractivity contribution in [2.75, 3.05) is 17.7 Å². The third-order valence-corrected chi connectivity index (χ3v) is 2.76. The van der Waals surface area contributed by atoms with E-state index < -0.39 is 0 Å². The maximum atomic E-state index is 12.3. The van der Waals surface area contributed by atoms with Crippen LogP contribution in [0.4, 0.5) is 11.5 Å². The first-order valence-corrected chi connectivity index (χ1v) is 5.62. The summed E-state index contributed by atoms with van der Waals surface area (Å²) in [5.74, 6) is -0.0386. The lowest BCUT2D eigenvalue weighted by molar-refractivity contribution is 0.0993. The van der Waals surface area contributed by atoms with E-state index in [9.17, 15) is 4.79 Å². The second kappa shape index (κ2) is 5.19. The number of hydrogen-bond acceptors (Lipinski definition) is 4. The van der Waals surface area contributed by atoms with E-state index in [0.29, 0.717) is 16.8 Å². The van der Waals surface area contributed by atoms with Gasteiger partial charge in [-0.3, -0.25) is 4.79 Å². The van der Waals surface area contributed by atoms with Crippen molar-refractivity contribution in [3.63, 3.8) is 0 Å². The molecule has 0 aliphatic rings. The van der Waals surface area contributed by atoms with Gasteiger partial charge in [-0.25, -0.2) is 4.98 Å². The van der Waals surface area contributed by atoms with Crippen molar-refractivity contribution in [1.82, 2.24) is 4.98 Å². The van der Waals surface area contributed by atoms with Crippen molar-refractivity contribution >= 4 is 17.4 Å². The van der Waals surface area contributed by atoms with Gasteiger partial charge in [0.1, 0.15) is 5.82 Å². The maximum Gasteiger partial charge on any atom is 0.261 e. The van der Waals surface area contributed by atoms with Gasteiger partial charge in [-0.15, -0.1) is 0 Å². The first kappa shape index (κ1) is 12.6. The van der Waals surface area contributed by atoms with Crippen LogP contribution in [-0.4, -0.2) is 17.9 Å². The molecule has 5 heteroatoms. The van der Waals surface area contributed by atoms with Gasteiger partial charge in [-0.05, 0) is 36.4 Å². The SMILES string of the molecule is CN(C(=O)c1cccnc1N)c1ccc(C#N)cc1. The summed E-state index contributed by atoms with van der Waals surface area (Å²) in [6.45, 7) is 0. The molecule has 19 heavy (non-hydrogen) atoms. The molecule has 0 radical (unpaired) electrons. The summed E-state index contributed by atoms with van der Waals surface area (Å²) in [7, 11) is 1.65. The molecule has 2 N–H and O–H groups in total. The Hall–Kier alpha value is -2.87. The maximum absolute atomic E-state index is 12.3. The molecule has 94 valence electrons. The monoisotopic (exact) mass is 252 g/mol. The zero-order valence-electron chi connectivity index (χ0n) is 10.4. The van der Waals surface area contributed by atoms with Gasteiger partial charge in [0.2, 0.25) is 0 Å². The molecule has 0 saturated heterocycles. The van der Waals surface area contributed by atoms with Gasteiger partial charge >= 0.3 is 0 Å². The van der Waals surface area contributed by atoms with Crippen LogP contribution in [0, 0.1) is 11.3 Å². The second-order valence-electron chi connectivity index (χ2n) is 3.96. The van der Waals surface area contributed by atoms with E-state index in [1.54, 1.807) is 43.4 Å². The van der Waals surface area contributed by atoms with E-state index in [2.05, 4.69) is 4.98 Å². The van der Waals surface area contributed by atoms with E-state index >= 15 is 0 Å². The zero-order valence-corrected chi connectivity index (χ0v) is 10.4. The Kier molecular flexibility index (Phi) is 3.44. The summed E-state index contributed by atoms with van der Waals surface area (Å²) in [4.78, 5) is 17.6. The van der Waals surface area contributed by atoms with E-state index in [-0.39, 0.29) is 11.7 Å². The van der Waals surface area contributed by atoms with Crippen molar-refractivity contribution in [2.45, 2.75) is 0 Å². The largest absolute Gasteiger partial charge is 0.383 e. The molecule has 1 amide bonds. The molecule has 1 aromatic heterocycles. The average molecular weight is 252 g/mol. The summed E-state index contributed by atoms with van der Waals surface area (Å²) in [6.07, 6.45) is 1.54. The predicted molar refractivity (Wildman–Crippen MR) is 72.5 cm³/mol. The van der Waals surface area contributed by atoms with E-state index in [0.717, 1.165) is 0 Å². The Morgan fingerprint density at radius 3 is 2.58 bits per heavy atom. The number of nitrogen functional groups attached to an aromatic ring is 1. The van der Waals surface area contributed by atoms with Crippen LogP contribution < -0.4 is 10.6 Å². The third-order valence-electron chi connectivity index (χ3n) is 2.76. The average Bonchev–Trinajstić information content (AvgIpc) is 2.46. The fraction of sp³-hybridized carbons (Fsp3) is 0.0714. The molecule has 0 atom stereocenters. The highest BCUT2D eigenvalue weighted by Crippen LogP contribution is 2.18. The van der Waals surface area contributed by atoms with Crippen molar-refractivity contribution in [3.8, 4) is 6.07 Å². The van der Waals surface area contributed by atoms with Crippen LogP contribution in [0.2, 0.25) is 0 Å². The van der Waals surface area contributed by atoms with Gasteiger partial charge in [0.25, 0.3) is 5.91 Å². The van der Waals surface area contributed by atoms with Gasteiger partial charge in [-0.2, -0.15) is 5.26 Å². The molecular weight excluding hydrogens is 240 g/mol. The summed E-state index contributed by atoms with van der Waals surface area (Å²) >= 11 is 0. The first-order valence-electron chi connectivity index (χ1n) is 5.62. The molecule has 0 aliphatic carbocycles. The zero-order chi connectivity index (χ0) is 13.8. The van der Waals surface area contributed by atoms with Gasteiger partial charge in [0, 0.05) is 18.9 Å². The van der Waals surface area contributed by atoms with Crippen molar-refractivity contribution in [1.29, 1.82) is 5.26 Å². The summed E-state index contributed by atoms with van der Waals surface area (Å²) in [6, 6.07) is 12.1. The molecule has 2 rings (SSSR count). The Morgan fingerprint density at radius 2 is 2.00 bits per heavy atom. The lowest BCUT2D eigenvalue weighted by Crippen LogP contribution is -2.27. The van der Waals surface area contributed by atoms with E-state index in [4.69, 9.17) is 11.0 Å². The second-order valence-corrected chi connectivity index (χ2v) is 3.96. The van der Waals surface area contributed by atoms with Crippen LogP contribution >= 0.6 is 0 Å². The predicted octanol–water partition coefficient (Wildman–Crippen LogP) is 1.81. The molecule has 0 fully saturated rings. The first-order chi connectivity index (χ1) is 9.13. The van der Waals surface area contributed by atoms with E-state index in [1.165, 1.54) is 11.1 Å². The topological polar surface area (TPSA) is 83.0 Å². The fourth-order valence-corrected chi connectivity index (χ4v) is 1.66. The van der Waals surface area contributed by atoms with Gasteiger partial charge in [0.15, 0.2) is 0 Å². The minimum atomic E-state index is -0.240. The quantitative estimate of drug-likeness (QED) is 0.883. The number of aromatic nitrogens is 1. The molecule has 0 aliphatic heterocycles. The number of nitriles is 1. The number of rotatable bonds is 2. The Morgan fingerprint density at radius 1 is 1.32 bits per heavy atom. The van der Waals surface area contributed by atoms with Crippen molar-refractivity contribution in [3.05, 3.63) is 53.7 Å². The summed E-state index contributed by atoms with van der Waals surface area (Å²) in [5.41, 5.74) is 7.27. The number of carbonyl (C=O) groups is 1. The number of nitrogens with two attached hydrogens (primary N) is 1. The lowest BCUT2D eigenvalue weighted by atomic mass is 10.2. The minimum absolute atomic E-state index is 0.202. The number of hydrogen-bond donors (Lipinski definition) is 1. The highest BCUT2D eigenvalue weighted by Gasteiger charge is 2.16. The molecule has 0 saturated carbocycles. The van der Waals surface area contributed by atoms with Crippen LogP contribution in [0.3, 0.4) is 0 Å². The highest BCUT2D eigenvalue weighted by molar-refractivity contribution is 6.08. The number of benzene rings is 1. The molecule has 1 aromatic carbocycles. The van der Waals surface area contributed by atoms with E-state index in [1.807, 2.05) is 6.07 Å². The molecular formula is C14H12N4O. The number of pyridine rings is 1. The summed E-state index contributed by atoms with van der Waals surface area (Å²) in [5, 5.41) is 8.74. The van der Waals surface area contributed by atoms with Crippen LogP contribution in [-0.2, 0) is 0 Å². The molecule has 0 spiro atoms. The smallest absolute Gasteiger partial charge is 0.261 e. The van der Waals surface area contributed by atoms with Crippen LogP contribution in [0.15, 0.2) is 42.6 Å². The Balaban J connectivity index is 2.29. The minimum Gasteiger partial charge on any atom is -0.383 e. The number of anilines is 2. The van der Waals surface area contributed by atoms with Crippen molar-refractivity contribution < 1.29 is 4.79 Å². The normalized spacial score (nSPS) is 9.68. The van der Waals surface area contributed by atoms with Crippen LogP contribution in [0.1, 0.15) is 15.9 Å². The molecule has 5 nitrogen and oxygen atoms in total. The third kappa shape index (κ3) is 2.53. The number of nitrogens with zero attached hydrogens (tertiary/aromatic N) is 3. The Bertz CT molecular complexity index is 643. The molecule has 0 bridgehead atoms. The molecule has 0 unspecified atom stereocenters. The standard InChI is InChI=1S/C14H12N4O/c1-18(11-6-4-10(9-15)5-7-11)14(19)12-3-2-8-17-13(12)16/h2-8H,1H3,(H2,16,17). The molecule has 2 aromatic rings. The van der Waals surface area contributed by atoms with Crippen molar-refractivity contribution in [2.24, 2.45) is 0 Å². The Labute approximate surface area is 110 Å². The van der Waals surface area contributed by atoms with Gasteiger partial charge in [-0.1, -0.05) is 0 Å². The van der Waals surface area contributed by atoms with Gasteiger partial charge < -0.3 is 10.6 Å². The van der Waals surface area contributed by atoms with Crippen LogP contribution in [0.5, 0.6) is 0 Å². The number of carbonyl (C=O) groups excluding carboxylic acids is 1.